The molecule has 7 nitrogen and oxygen atoms in total. The minimum Gasteiger partial charge on any atom is -0.384 e. The minimum absolute atomic E-state index is 0.0772. The van der Waals surface area contributed by atoms with Crippen LogP contribution in [0.1, 0.15) is 18.1 Å². The Morgan fingerprint density at radius 3 is 2.38 bits per heavy atom. The molecule has 2 aromatic carbocycles. The van der Waals surface area contributed by atoms with Crippen LogP contribution in [0.5, 0.6) is 0 Å². The summed E-state index contributed by atoms with van der Waals surface area (Å²) in [6, 6.07) is 9.46. The van der Waals surface area contributed by atoms with Crippen LogP contribution in [-0.4, -0.2) is 64.2 Å². The van der Waals surface area contributed by atoms with Gasteiger partial charge in [0, 0.05) is 32.7 Å². The van der Waals surface area contributed by atoms with Gasteiger partial charge in [0.2, 0.25) is 10.0 Å². The lowest BCUT2D eigenvalue weighted by Gasteiger charge is -2.38. The lowest BCUT2D eigenvalue weighted by atomic mass is 9.93. The van der Waals surface area contributed by atoms with E-state index in [4.69, 9.17) is 0 Å². The SMILES string of the molecule is CC(O)(CN1CCN(S(=O)(=O)c2cccc3nsnc23)CC1)c1cccc(C(F)(F)F)c1. The van der Waals surface area contributed by atoms with Gasteiger partial charge in [0.25, 0.3) is 0 Å². The second-order valence-corrected chi connectivity index (χ2v) is 10.4. The van der Waals surface area contributed by atoms with E-state index in [2.05, 4.69) is 8.75 Å². The third kappa shape index (κ3) is 4.50. The third-order valence-electron chi connectivity index (χ3n) is 5.54. The quantitative estimate of drug-likeness (QED) is 0.597. The molecule has 1 fully saturated rings. The maximum absolute atomic E-state index is 13.1. The summed E-state index contributed by atoms with van der Waals surface area (Å²) in [5.74, 6) is 0. The van der Waals surface area contributed by atoms with E-state index in [9.17, 15) is 26.7 Å². The average molecular weight is 487 g/mol. The molecule has 1 aliphatic heterocycles. The average Bonchev–Trinajstić information content (AvgIpc) is 3.22. The summed E-state index contributed by atoms with van der Waals surface area (Å²) in [5.41, 5.74) is -1.33. The molecule has 2 heterocycles. The van der Waals surface area contributed by atoms with Crippen LogP contribution in [0.4, 0.5) is 13.2 Å². The summed E-state index contributed by atoms with van der Waals surface area (Å²) in [6.07, 6.45) is -4.50. The van der Waals surface area contributed by atoms with Crippen LogP contribution in [-0.2, 0) is 21.8 Å². The summed E-state index contributed by atoms with van der Waals surface area (Å²) in [7, 11) is -3.78. The molecule has 0 saturated carbocycles. The number of hydrogen-bond acceptors (Lipinski definition) is 7. The Morgan fingerprint density at radius 1 is 1.03 bits per heavy atom. The van der Waals surface area contributed by atoms with E-state index >= 15 is 0 Å². The number of aromatic nitrogens is 2. The summed E-state index contributed by atoms with van der Waals surface area (Å²) >= 11 is 0.948. The van der Waals surface area contributed by atoms with Gasteiger partial charge in [0.05, 0.1) is 22.9 Å². The molecule has 1 aliphatic rings. The van der Waals surface area contributed by atoms with Crippen LogP contribution in [0.25, 0.3) is 11.0 Å². The van der Waals surface area contributed by atoms with Crippen molar-refractivity contribution >= 4 is 32.8 Å². The molecule has 0 aliphatic carbocycles. The van der Waals surface area contributed by atoms with Crippen LogP contribution in [0.3, 0.4) is 0 Å². The number of β-amino-alcohol motifs (C(OH)–C–C–N with tert-alkyl or cyclic N) is 1. The number of piperazine rings is 1. The van der Waals surface area contributed by atoms with Crippen LogP contribution in [0.15, 0.2) is 47.4 Å². The lowest BCUT2D eigenvalue weighted by molar-refractivity contribution is -0.137. The highest BCUT2D eigenvalue weighted by Gasteiger charge is 2.35. The summed E-state index contributed by atoms with van der Waals surface area (Å²) in [6.45, 7) is 2.58. The fourth-order valence-corrected chi connectivity index (χ4v) is 5.99. The third-order valence-corrected chi connectivity index (χ3v) is 8.01. The normalized spacial score (nSPS) is 18.7. The molecular weight excluding hydrogens is 465 g/mol. The number of hydrogen-bond donors (Lipinski definition) is 1. The molecule has 1 saturated heterocycles. The van der Waals surface area contributed by atoms with E-state index in [0.717, 1.165) is 23.9 Å². The number of fused-ring (bicyclic) bond motifs is 1. The smallest absolute Gasteiger partial charge is 0.384 e. The van der Waals surface area contributed by atoms with Crippen molar-refractivity contribution in [2.75, 3.05) is 32.7 Å². The van der Waals surface area contributed by atoms with Crippen LogP contribution in [0, 0.1) is 0 Å². The fraction of sp³-hybridized carbons (Fsp3) is 0.400. The Labute approximate surface area is 187 Å². The number of benzene rings is 2. The Kier molecular flexibility index (Phi) is 6.01. The minimum atomic E-state index is -4.50. The number of alkyl halides is 3. The molecule has 1 unspecified atom stereocenters. The summed E-state index contributed by atoms with van der Waals surface area (Å²) in [5, 5.41) is 10.9. The van der Waals surface area contributed by atoms with Crippen molar-refractivity contribution in [3.63, 3.8) is 0 Å². The number of nitrogens with zero attached hydrogens (tertiary/aromatic N) is 4. The van der Waals surface area contributed by atoms with Crippen molar-refractivity contribution in [2.24, 2.45) is 0 Å². The number of rotatable bonds is 5. The van der Waals surface area contributed by atoms with E-state index in [1.807, 2.05) is 4.90 Å². The van der Waals surface area contributed by atoms with Gasteiger partial charge >= 0.3 is 6.18 Å². The standard InChI is InChI=1S/C20H21F3N4O3S2/c1-19(28,14-4-2-5-15(12-14)20(21,22)23)13-26-8-10-27(11-9-26)32(29,30)17-7-3-6-16-18(17)25-31-24-16/h2-7,12,28H,8-11,13H2,1H3. The van der Waals surface area contributed by atoms with Gasteiger partial charge in [-0.05, 0) is 36.8 Å². The van der Waals surface area contributed by atoms with E-state index in [1.165, 1.54) is 29.4 Å². The van der Waals surface area contributed by atoms with Gasteiger partial charge in [-0.1, -0.05) is 18.2 Å². The van der Waals surface area contributed by atoms with E-state index in [0.29, 0.717) is 24.1 Å². The van der Waals surface area contributed by atoms with Gasteiger partial charge in [0.15, 0.2) is 0 Å². The van der Waals surface area contributed by atoms with Gasteiger partial charge in [-0.25, -0.2) is 8.42 Å². The highest BCUT2D eigenvalue weighted by Crippen LogP contribution is 2.33. The highest BCUT2D eigenvalue weighted by atomic mass is 32.2. The molecule has 0 spiro atoms. The molecule has 3 aromatic rings. The zero-order valence-electron chi connectivity index (χ0n) is 17.1. The highest BCUT2D eigenvalue weighted by molar-refractivity contribution is 7.89. The molecule has 32 heavy (non-hydrogen) atoms. The van der Waals surface area contributed by atoms with Gasteiger partial charge in [-0.15, -0.1) is 0 Å². The predicted molar refractivity (Wildman–Crippen MR) is 114 cm³/mol. The van der Waals surface area contributed by atoms with E-state index in [1.54, 1.807) is 12.1 Å². The molecule has 1 N–H and O–H groups in total. The van der Waals surface area contributed by atoms with Gasteiger partial charge in [0.1, 0.15) is 15.9 Å². The molecular formula is C20H21F3N4O3S2. The van der Waals surface area contributed by atoms with Crippen molar-refractivity contribution in [3.05, 3.63) is 53.6 Å². The molecule has 0 bridgehead atoms. The predicted octanol–water partition coefficient (Wildman–Crippen LogP) is 2.92. The maximum atomic E-state index is 13.1. The van der Waals surface area contributed by atoms with Crippen LogP contribution < -0.4 is 0 Å². The van der Waals surface area contributed by atoms with Crippen LogP contribution >= 0.6 is 11.7 Å². The van der Waals surface area contributed by atoms with Crippen molar-refractivity contribution in [1.82, 2.24) is 18.0 Å². The van der Waals surface area contributed by atoms with Gasteiger partial charge in [-0.2, -0.15) is 26.2 Å². The van der Waals surface area contributed by atoms with Gasteiger partial charge < -0.3 is 5.11 Å². The second kappa shape index (κ2) is 8.34. The Bertz CT molecular complexity index is 1220. The van der Waals surface area contributed by atoms with Crippen molar-refractivity contribution in [1.29, 1.82) is 0 Å². The van der Waals surface area contributed by atoms with Crippen molar-refractivity contribution in [2.45, 2.75) is 23.6 Å². The first-order valence-corrected chi connectivity index (χ1v) is 12.0. The molecule has 0 radical (unpaired) electrons. The first-order valence-electron chi connectivity index (χ1n) is 9.82. The number of aliphatic hydroxyl groups is 1. The zero-order valence-corrected chi connectivity index (χ0v) is 18.7. The van der Waals surface area contributed by atoms with Crippen LogP contribution in [0.2, 0.25) is 0 Å². The van der Waals surface area contributed by atoms with Gasteiger partial charge in [-0.3, -0.25) is 4.90 Å². The maximum Gasteiger partial charge on any atom is 0.416 e. The van der Waals surface area contributed by atoms with E-state index < -0.39 is 27.4 Å². The summed E-state index contributed by atoms with van der Waals surface area (Å²) in [4.78, 5) is 1.95. The molecule has 4 rings (SSSR count). The molecule has 172 valence electrons. The Hall–Kier alpha value is -2.12. The molecule has 0 amide bonds. The summed E-state index contributed by atoms with van der Waals surface area (Å²) < 4.78 is 74.9. The molecule has 12 heteroatoms. The second-order valence-electron chi connectivity index (χ2n) is 7.92. The molecule has 1 aromatic heterocycles. The van der Waals surface area contributed by atoms with Crippen molar-refractivity contribution in [3.8, 4) is 0 Å². The first-order chi connectivity index (χ1) is 15.0. The lowest BCUT2D eigenvalue weighted by Crippen LogP contribution is -2.51. The van der Waals surface area contributed by atoms with E-state index in [-0.39, 0.29) is 30.1 Å². The molecule has 1 atom stereocenters. The van der Waals surface area contributed by atoms with Crippen molar-refractivity contribution < 1.29 is 26.7 Å². The fourth-order valence-electron chi connectivity index (χ4n) is 3.81. The zero-order chi connectivity index (χ0) is 23.1. The number of sulfonamides is 1. The largest absolute Gasteiger partial charge is 0.416 e. The Morgan fingerprint density at radius 2 is 1.69 bits per heavy atom. The Balaban J connectivity index is 1.45. The topological polar surface area (TPSA) is 86.6 Å². The first kappa shape index (κ1) is 23.1. The monoisotopic (exact) mass is 486 g/mol. The number of halogens is 3.